The molecule has 5 nitrogen and oxygen atoms in total. The van der Waals surface area contributed by atoms with Gasteiger partial charge in [-0.1, -0.05) is 48.7 Å². The molecule has 0 spiro atoms. The normalized spacial score (nSPS) is 10.8. The first-order valence-corrected chi connectivity index (χ1v) is 7.17. The number of carbonyl (C=O) groups is 1. The van der Waals surface area contributed by atoms with E-state index >= 15 is 0 Å². The van der Waals surface area contributed by atoms with E-state index in [4.69, 9.17) is 34.8 Å². The van der Waals surface area contributed by atoms with Gasteiger partial charge in [0.2, 0.25) is 0 Å². The number of rotatable bonds is 3. The maximum Gasteiger partial charge on any atom is 0.257 e. The van der Waals surface area contributed by atoms with Gasteiger partial charge in [0.15, 0.2) is 0 Å². The minimum atomic E-state index is -0.411. The van der Waals surface area contributed by atoms with Gasteiger partial charge in [-0.2, -0.15) is 0 Å². The van der Waals surface area contributed by atoms with Crippen molar-refractivity contribution in [2.75, 3.05) is 5.32 Å². The Labute approximate surface area is 136 Å². The Bertz CT molecular complexity index is 671. The van der Waals surface area contributed by atoms with Crippen LogP contribution in [-0.2, 0) is 0 Å². The highest BCUT2D eigenvalue weighted by Crippen LogP contribution is 2.19. The fourth-order valence-corrected chi connectivity index (χ4v) is 2.19. The summed E-state index contributed by atoms with van der Waals surface area (Å²) in [6, 6.07) is 4.29. The number of hydrogen-bond acceptors (Lipinski definition) is 4. The van der Waals surface area contributed by atoms with Crippen molar-refractivity contribution in [3.8, 4) is 0 Å². The summed E-state index contributed by atoms with van der Waals surface area (Å²) < 4.78 is 0. The zero-order chi connectivity index (χ0) is 15.6. The fourth-order valence-electron chi connectivity index (χ4n) is 1.54. The third-order valence-electron chi connectivity index (χ3n) is 2.50. The monoisotopic (exact) mass is 344 g/mol. The molecule has 2 rings (SSSR count). The number of hydrogen-bond donors (Lipinski definition) is 1. The van der Waals surface area contributed by atoms with Crippen molar-refractivity contribution in [2.45, 2.75) is 19.8 Å². The highest BCUT2D eigenvalue weighted by atomic mass is 35.5. The van der Waals surface area contributed by atoms with Crippen molar-refractivity contribution in [3.63, 3.8) is 0 Å². The summed E-state index contributed by atoms with van der Waals surface area (Å²) in [5.41, 5.74) is 0.279. The van der Waals surface area contributed by atoms with Gasteiger partial charge in [-0.05, 0) is 12.1 Å². The smallest absolute Gasteiger partial charge is 0.257 e. The van der Waals surface area contributed by atoms with Crippen LogP contribution in [0.3, 0.4) is 0 Å². The summed E-state index contributed by atoms with van der Waals surface area (Å²) in [5.74, 6) is 0.534. The van der Waals surface area contributed by atoms with Crippen molar-refractivity contribution >= 4 is 46.5 Å². The van der Waals surface area contributed by atoms with E-state index in [1.165, 1.54) is 18.2 Å². The van der Waals surface area contributed by atoms with Crippen LogP contribution in [-0.4, -0.2) is 20.9 Å². The molecule has 0 fully saturated rings. The molecule has 0 aliphatic heterocycles. The second-order valence-electron chi connectivity index (χ2n) is 4.54. The predicted molar refractivity (Wildman–Crippen MR) is 83.3 cm³/mol. The van der Waals surface area contributed by atoms with Crippen molar-refractivity contribution in [1.29, 1.82) is 0 Å². The Balaban J connectivity index is 2.27. The Kier molecular flexibility index (Phi) is 4.98. The molecule has 0 atom stereocenters. The molecule has 0 radical (unpaired) electrons. The molecule has 0 aliphatic rings. The average molecular weight is 346 g/mol. The largest absolute Gasteiger partial charge is 0.306 e. The number of nitrogens with one attached hydrogen (secondary N) is 1. The van der Waals surface area contributed by atoms with Crippen LogP contribution in [0.4, 0.5) is 5.82 Å². The molecule has 2 heterocycles. The van der Waals surface area contributed by atoms with Gasteiger partial charge >= 0.3 is 0 Å². The average Bonchev–Trinajstić information content (AvgIpc) is 2.36. The summed E-state index contributed by atoms with van der Waals surface area (Å²) >= 11 is 17.5. The van der Waals surface area contributed by atoms with Crippen molar-refractivity contribution in [2.24, 2.45) is 0 Å². The van der Waals surface area contributed by atoms with E-state index < -0.39 is 5.91 Å². The third kappa shape index (κ3) is 4.27. The van der Waals surface area contributed by atoms with E-state index in [1.54, 1.807) is 0 Å². The molecule has 1 amide bonds. The van der Waals surface area contributed by atoms with Crippen molar-refractivity contribution in [3.05, 3.63) is 45.0 Å². The number of pyridine rings is 1. The first-order valence-electron chi connectivity index (χ1n) is 6.04. The van der Waals surface area contributed by atoms with Gasteiger partial charge in [0, 0.05) is 17.5 Å². The zero-order valence-corrected chi connectivity index (χ0v) is 13.5. The number of halogens is 3. The van der Waals surface area contributed by atoms with Gasteiger partial charge in [-0.15, -0.1) is 0 Å². The molecule has 1 N–H and O–H groups in total. The maximum absolute atomic E-state index is 12.2. The molecule has 110 valence electrons. The topological polar surface area (TPSA) is 67.8 Å². The van der Waals surface area contributed by atoms with Gasteiger partial charge < -0.3 is 5.32 Å². The van der Waals surface area contributed by atoms with Gasteiger partial charge in [0.1, 0.15) is 27.1 Å². The number of amides is 1. The lowest BCUT2D eigenvalue weighted by molar-refractivity contribution is 0.102. The molecule has 8 heteroatoms. The molecular weight excluding hydrogens is 335 g/mol. The summed E-state index contributed by atoms with van der Waals surface area (Å²) in [7, 11) is 0. The molecule has 2 aromatic heterocycles. The van der Waals surface area contributed by atoms with Crippen molar-refractivity contribution < 1.29 is 4.79 Å². The van der Waals surface area contributed by atoms with E-state index in [9.17, 15) is 4.79 Å². The van der Waals surface area contributed by atoms with E-state index in [-0.39, 0.29) is 26.9 Å². The lowest BCUT2D eigenvalue weighted by Crippen LogP contribution is -2.14. The Morgan fingerprint density at radius 2 is 1.57 bits per heavy atom. The first-order chi connectivity index (χ1) is 9.85. The summed E-state index contributed by atoms with van der Waals surface area (Å²) in [5, 5.41) is 3.16. The summed E-state index contributed by atoms with van der Waals surface area (Å²) in [4.78, 5) is 24.3. The van der Waals surface area contributed by atoms with Gasteiger partial charge in [0.25, 0.3) is 5.91 Å². The first kappa shape index (κ1) is 15.9. The number of aromatic nitrogens is 3. The molecular formula is C13H11Cl3N4O. The Morgan fingerprint density at radius 1 is 1.00 bits per heavy atom. The van der Waals surface area contributed by atoms with Crippen LogP contribution in [0, 0.1) is 0 Å². The number of nitrogens with zero attached hydrogens (tertiary/aromatic N) is 3. The molecule has 0 aliphatic carbocycles. The maximum atomic E-state index is 12.2. The van der Waals surface area contributed by atoms with E-state index in [0.29, 0.717) is 11.6 Å². The SMILES string of the molecule is CC(C)c1nc(Cl)cc(NC(=O)c2cc(Cl)nc(Cl)c2)n1. The predicted octanol–water partition coefficient (Wildman–Crippen LogP) is 4.21. The standard InChI is InChI=1S/C13H11Cl3N4O/c1-6(2)12-18-10(16)5-11(19-12)20-13(21)7-3-8(14)17-9(15)4-7/h3-6H,1-2H3,(H,18,19,20,21). The van der Waals surface area contributed by atoms with E-state index in [1.807, 2.05) is 13.8 Å². The molecule has 21 heavy (non-hydrogen) atoms. The minimum absolute atomic E-state index is 0.0872. The van der Waals surface area contributed by atoms with Crippen LogP contribution >= 0.6 is 34.8 Å². The molecule has 0 bridgehead atoms. The van der Waals surface area contributed by atoms with E-state index in [2.05, 4.69) is 20.3 Å². The molecule has 0 unspecified atom stereocenters. The van der Waals surface area contributed by atoms with Crippen molar-refractivity contribution in [1.82, 2.24) is 15.0 Å². The minimum Gasteiger partial charge on any atom is -0.306 e. The molecule has 0 saturated carbocycles. The van der Waals surface area contributed by atoms with E-state index in [0.717, 1.165) is 0 Å². The van der Waals surface area contributed by atoms with Gasteiger partial charge in [-0.25, -0.2) is 15.0 Å². The van der Waals surface area contributed by atoms with Gasteiger partial charge in [-0.3, -0.25) is 4.79 Å². The molecule has 0 aromatic carbocycles. The number of carbonyl (C=O) groups excluding carboxylic acids is 1. The third-order valence-corrected chi connectivity index (χ3v) is 3.08. The quantitative estimate of drug-likeness (QED) is 0.668. The Hall–Kier alpha value is -1.43. The van der Waals surface area contributed by atoms with Crippen LogP contribution in [0.2, 0.25) is 15.5 Å². The highest BCUT2D eigenvalue weighted by molar-refractivity contribution is 6.33. The molecule has 2 aromatic rings. The lowest BCUT2D eigenvalue weighted by Gasteiger charge is -2.09. The van der Waals surface area contributed by atoms with Crippen LogP contribution < -0.4 is 5.32 Å². The highest BCUT2D eigenvalue weighted by Gasteiger charge is 2.12. The molecule has 0 saturated heterocycles. The second kappa shape index (κ2) is 6.56. The summed E-state index contributed by atoms with van der Waals surface area (Å²) in [6.07, 6.45) is 0. The number of anilines is 1. The summed E-state index contributed by atoms with van der Waals surface area (Å²) in [6.45, 7) is 3.86. The van der Waals surface area contributed by atoms with Crippen LogP contribution in [0.1, 0.15) is 35.9 Å². The van der Waals surface area contributed by atoms with Crippen LogP contribution in [0.15, 0.2) is 18.2 Å². The van der Waals surface area contributed by atoms with Crippen LogP contribution in [0.5, 0.6) is 0 Å². The second-order valence-corrected chi connectivity index (χ2v) is 5.71. The lowest BCUT2D eigenvalue weighted by atomic mass is 10.2. The van der Waals surface area contributed by atoms with Crippen LogP contribution in [0.25, 0.3) is 0 Å². The Morgan fingerprint density at radius 3 is 2.14 bits per heavy atom. The fraction of sp³-hybridized carbons (Fsp3) is 0.231. The zero-order valence-electron chi connectivity index (χ0n) is 11.2. The van der Waals surface area contributed by atoms with Gasteiger partial charge in [0.05, 0.1) is 0 Å².